The van der Waals surface area contributed by atoms with Gasteiger partial charge in [0.25, 0.3) is 0 Å². The first-order valence-corrected chi connectivity index (χ1v) is 9.85. The molecule has 3 amide bonds. The summed E-state index contributed by atoms with van der Waals surface area (Å²) in [6, 6.07) is 18.0. The monoisotopic (exact) mass is 378 g/mol. The second-order valence-corrected chi connectivity index (χ2v) is 7.47. The zero-order valence-electron chi connectivity index (χ0n) is 16.2. The summed E-state index contributed by atoms with van der Waals surface area (Å²) in [7, 11) is 0. The van der Waals surface area contributed by atoms with Crippen LogP contribution in [0.1, 0.15) is 12.5 Å². The summed E-state index contributed by atoms with van der Waals surface area (Å²) in [4.78, 5) is 31.1. The van der Waals surface area contributed by atoms with Crippen molar-refractivity contribution in [1.29, 1.82) is 0 Å². The number of urea groups is 1. The molecule has 1 saturated heterocycles. The Kier molecular flexibility index (Phi) is 5.19. The van der Waals surface area contributed by atoms with Gasteiger partial charge >= 0.3 is 6.03 Å². The zero-order chi connectivity index (χ0) is 19.5. The zero-order valence-corrected chi connectivity index (χ0v) is 16.2. The molecule has 0 aromatic heterocycles. The van der Waals surface area contributed by atoms with Crippen molar-refractivity contribution in [3.63, 3.8) is 0 Å². The van der Waals surface area contributed by atoms with E-state index in [1.165, 1.54) is 11.3 Å². The predicted molar refractivity (Wildman–Crippen MR) is 111 cm³/mol. The van der Waals surface area contributed by atoms with E-state index < -0.39 is 0 Å². The van der Waals surface area contributed by atoms with E-state index in [1.54, 1.807) is 4.90 Å². The molecule has 1 N–H and O–H groups in total. The van der Waals surface area contributed by atoms with E-state index in [0.29, 0.717) is 38.8 Å². The van der Waals surface area contributed by atoms with Gasteiger partial charge in [-0.3, -0.25) is 4.79 Å². The van der Waals surface area contributed by atoms with Gasteiger partial charge in [0.2, 0.25) is 5.91 Å². The van der Waals surface area contributed by atoms with E-state index in [0.717, 1.165) is 12.1 Å². The number of fused-ring (bicyclic) bond motifs is 1. The molecule has 28 heavy (non-hydrogen) atoms. The van der Waals surface area contributed by atoms with Gasteiger partial charge in [0.05, 0.1) is 6.54 Å². The Hall–Kier alpha value is -3.02. The summed E-state index contributed by atoms with van der Waals surface area (Å²) in [5.74, 6) is 0.131. The molecule has 6 nitrogen and oxygen atoms in total. The van der Waals surface area contributed by atoms with Crippen LogP contribution in [0.3, 0.4) is 0 Å². The lowest BCUT2D eigenvalue weighted by Crippen LogP contribution is -2.53. The lowest BCUT2D eigenvalue weighted by Gasteiger charge is -2.36. The fourth-order valence-electron chi connectivity index (χ4n) is 4.00. The van der Waals surface area contributed by atoms with Gasteiger partial charge in [-0.25, -0.2) is 4.79 Å². The number of carbonyl (C=O) groups excluding carboxylic acids is 2. The van der Waals surface area contributed by atoms with Crippen molar-refractivity contribution in [3.8, 4) is 0 Å². The summed E-state index contributed by atoms with van der Waals surface area (Å²) in [6.45, 7) is 4.82. The molecule has 0 aliphatic carbocycles. The second kappa shape index (κ2) is 7.92. The van der Waals surface area contributed by atoms with Crippen molar-refractivity contribution in [2.75, 3.05) is 42.9 Å². The van der Waals surface area contributed by atoms with Gasteiger partial charge in [-0.05, 0) is 37.1 Å². The largest absolute Gasteiger partial charge is 0.359 e. The standard InChI is InChI=1S/C22H26N4O2/c1-17-15-18-7-5-6-10-20(18)26(17)16-21(27)24-11-13-25(14-12-24)22(28)23-19-8-3-2-4-9-19/h2-10,17H,11-16H2,1H3,(H,23,28)/t17-/m0/s1. The molecular weight excluding hydrogens is 352 g/mol. The molecule has 2 aromatic rings. The van der Waals surface area contributed by atoms with Crippen LogP contribution in [-0.4, -0.2) is 60.5 Å². The summed E-state index contributed by atoms with van der Waals surface area (Å²) < 4.78 is 0. The summed E-state index contributed by atoms with van der Waals surface area (Å²) >= 11 is 0. The number of benzene rings is 2. The number of hydrogen-bond donors (Lipinski definition) is 1. The van der Waals surface area contributed by atoms with E-state index in [-0.39, 0.29) is 11.9 Å². The lowest BCUT2D eigenvalue weighted by molar-refractivity contribution is -0.131. The van der Waals surface area contributed by atoms with Crippen molar-refractivity contribution in [2.45, 2.75) is 19.4 Å². The van der Waals surface area contributed by atoms with Gasteiger partial charge in [-0.1, -0.05) is 36.4 Å². The first kappa shape index (κ1) is 18.3. The predicted octanol–water partition coefficient (Wildman–Crippen LogP) is 2.81. The lowest BCUT2D eigenvalue weighted by atomic mass is 10.1. The van der Waals surface area contributed by atoms with Gasteiger partial charge in [0.15, 0.2) is 0 Å². The van der Waals surface area contributed by atoms with Crippen LogP contribution in [-0.2, 0) is 11.2 Å². The maximum absolute atomic E-state index is 12.8. The number of hydrogen-bond acceptors (Lipinski definition) is 3. The Morgan fingerprint density at radius 1 is 0.929 bits per heavy atom. The smallest absolute Gasteiger partial charge is 0.321 e. The van der Waals surface area contributed by atoms with Crippen molar-refractivity contribution in [3.05, 3.63) is 60.2 Å². The Labute approximate surface area is 165 Å². The highest BCUT2D eigenvalue weighted by Crippen LogP contribution is 2.31. The second-order valence-electron chi connectivity index (χ2n) is 7.47. The van der Waals surface area contributed by atoms with Gasteiger partial charge < -0.3 is 20.0 Å². The highest BCUT2D eigenvalue weighted by molar-refractivity contribution is 5.89. The number of carbonyl (C=O) groups is 2. The molecule has 0 saturated carbocycles. The third-order valence-electron chi connectivity index (χ3n) is 5.60. The molecule has 1 fully saturated rings. The van der Waals surface area contributed by atoms with Crippen molar-refractivity contribution in [2.24, 2.45) is 0 Å². The first-order chi connectivity index (χ1) is 13.6. The topological polar surface area (TPSA) is 55.9 Å². The highest BCUT2D eigenvalue weighted by Gasteiger charge is 2.30. The van der Waals surface area contributed by atoms with E-state index in [4.69, 9.17) is 0 Å². The minimum atomic E-state index is -0.111. The highest BCUT2D eigenvalue weighted by atomic mass is 16.2. The van der Waals surface area contributed by atoms with Crippen LogP contribution in [0.5, 0.6) is 0 Å². The third-order valence-corrected chi connectivity index (χ3v) is 5.60. The molecule has 0 spiro atoms. The van der Waals surface area contributed by atoms with Crippen LogP contribution in [0.25, 0.3) is 0 Å². The van der Waals surface area contributed by atoms with E-state index in [9.17, 15) is 9.59 Å². The minimum Gasteiger partial charge on any atom is -0.359 e. The number of nitrogens with zero attached hydrogens (tertiary/aromatic N) is 3. The molecule has 0 bridgehead atoms. The van der Waals surface area contributed by atoms with Crippen molar-refractivity contribution < 1.29 is 9.59 Å². The maximum atomic E-state index is 12.8. The average Bonchev–Trinajstić information content (AvgIpc) is 3.04. The van der Waals surface area contributed by atoms with E-state index in [1.807, 2.05) is 41.3 Å². The molecule has 2 aliphatic heterocycles. The van der Waals surface area contributed by atoms with Crippen LogP contribution < -0.4 is 10.2 Å². The first-order valence-electron chi connectivity index (χ1n) is 9.85. The SMILES string of the molecule is C[C@H]1Cc2ccccc2N1CC(=O)N1CCN(C(=O)Nc2ccccc2)CC1. The molecule has 0 unspecified atom stereocenters. The molecule has 2 aliphatic rings. The van der Waals surface area contributed by atoms with E-state index >= 15 is 0 Å². The average molecular weight is 378 g/mol. The fraction of sp³-hybridized carbons (Fsp3) is 0.364. The summed E-state index contributed by atoms with van der Waals surface area (Å²) in [5, 5.41) is 2.91. The van der Waals surface area contributed by atoms with E-state index in [2.05, 4.69) is 35.3 Å². The number of para-hydroxylation sites is 2. The molecule has 1 atom stereocenters. The quantitative estimate of drug-likeness (QED) is 0.894. The number of nitrogens with one attached hydrogen (secondary N) is 1. The van der Waals surface area contributed by atoms with Gasteiger partial charge in [-0.2, -0.15) is 0 Å². The van der Waals surface area contributed by atoms with Gasteiger partial charge in [0, 0.05) is 43.6 Å². The number of piperazine rings is 1. The van der Waals surface area contributed by atoms with Crippen LogP contribution in [0.2, 0.25) is 0 Å². The van der Waals surface area contributed by atoms with Crippen LogP contribution in [0.4, 0.5) is 16.2 Å². The Bertz CT molecular complexity index is 847. The molecular formula is C22H26N4O2. The third kappa shape index (κ3) is 3.81. The van der Waals surface area contributed by atoms with Gasteiger partial charge in [-0.15, -0.1) is 0 Å². The normalized spacial score (nSPS) is 18.8. The molecule has 2 aromatic carbocycles. The Balaban J connectivity index is 1.30. The molecule has 0 radical (unpaired) electrons. The Morgan fingerprint density at radius 3 is 2.32 bits per heavy atom. The fourth-order valence-corrected chi connectivity index (χ4v) is 4.00. The summed E-state index contributed by atoms with van der Waals surface area (Å²) in [6.07, 6.45) is 0.983. The number of anilines is 2. The summed E-state index contributed by atoms with van der Waals surface area (Å²) in [5.41, 5.74) is 3.27. The van der Waals surface area contributed by atoms with Gasteiger partial charge in [0.1, 0.15) is 0 Å². The van der Waals surface area contributed by atoms with Crippen molar-refractivity contribution in [1.82, 2.24) is 9.80 Å². The molecule has 6 heteroatoms. The molecule has 146 valence electrons. The minimum absolute atomic E-state index is 0.111. The van der Waals surface area contributed by atoms with Crippen LogP contribution in [0.15, 0.2) is 54.6 Å². The molecule has 2 heterocycles. The molecule has 4 rings (SSSR count). The van der Waals surface area contributed by atoms with Crippen molar-refractivity contribution >= 4 is 23.3 Å². The number of rotatable bonds is 3. The maximum Gasteiger partial charge on any atom is 0.321 e. The number of amides is 3. The van der Waals surface area contributed by atoms with Crippen LogP contribution in [0, 0.1) is 0 Å². The van der Waals surface area contributed by atoms with Crippen LogP contribution >= 0.6 is 0 Å². The Morgan fingerprint density at radius 2 is 1.57 bits per heavy atom.